The molecule has 0 unspecified atom stereocenters. The van der Waals surface area contributed by atoms with Crippen LogP contribution in [0.2, 0.25) is 0 Å². The largest absolute Gasteiger partial charge is 0.489 e. The van der Waals surface area contributed by atoms with Crippen molar-refractivity contribution >= 4 is 23.0 Å². The van der Waals surface area contributed by atoms with Gasteiger partial charge in [0.2, 0.25) is 5.95 Å². The topological polar surface area (TPSA) is 76.9 Å². The first-order valence-corrected chi connectivity index (χ1v) is 11.2. The van der Waals surface area contributed by atoms with E-state index in [0.29, 0.717) is 19.1 Å². The second-order valence-corrected chi connectivity index (χ2v) is 8.07. The molecule has 0 radical (unpaired) electrons. The minimum absolute atomic E-state index is 0.440. The van der Waals surface area contributed by atoms with E-state index in [1.807, 2.05) is 71.1 Å². The third kappa shape index (κ3) is 5.19. The molecule has 0 aliphatic carbocycles. The highest BCUT2D eigenvalue weighted by molar-refractivity contribution is 7.13. The molecule has 4 heterocycles. The van der Waals surface area contributed by atoms with E-state index in [1.54, 1.807) is 42.3 Å². The van der Waals surface area contributed by atoms with Crippen LogP contribution in [-0.4, -0.2) is 24.9 Å². The number of nitrogens with zero attached hydrogens (tertiary/aromatic N) is 6. The van der Waals surface area contributed by atoms with E-state index in [-0.39, 0.29) is 0 Å². The van der Waals surface area contributed by atoms with Crippen LogP contribution in [0.25, 0.3) is 10.7 Å². The Balaban J connectivity index is 1.47. The van der Waals surface area contributed by atoms with Crippen molar-refractivity contribution in [3.8, 4) is 16.5 Å². The van der Waals surface area contributed by atoms with E-state index in [9.17, 15) is 0 Å². The molecule has 0 saturated heterocycles. The van der Waals surface area contributed by atoms with Crippen molar-refractivity contribution < 1.29 is 4.74 Å². The first kappa shape index (κ1) is 20.7. The van der Waals surface area contributed by atoms with Gasteiger partial charge in [-0.05, 0) is 35.9 Å². The van der Waals surface area contributed by atoms with Gasteiger partial charge in [-0.1, -0.05) is 18.2 Å². The summed E-state index contributed by atoms with van der Waals surface area (Å²) in [6.07, 6.45) is 10.7. The molecule has 0 aliphatic heterocycles. The Morgan fingerprint density at radius 2 is 1.67 bits per heavy atom. The molecule has 0 saturated carbocycles. The molecule has 7 nitrogen and oxygen atoms in total. The Morgan fingerprint density at radius 1 is 0.818 bits per heavy atom. The molecule has 162 valence electrons. The Hall–Kier alpha value is -4.17. The Kier molecular flexibility index (Phi) is 6.26. The third-order valence-electron chi connectivity index (χ3n) is 4.86. The van der Waals surface area contributed by atoms with E-state index < -0.39 is 0 Å². The highest BCUT2D eigenvalue weighted by Crippen LogP contribution is 2.30. The molecule has 0 bridgehead atoms. The van der Waals surface area contributed by atoms with Crippen LogP contribution in [0, 0.1) is 0 Å². The minimum Gasteiger partial charge on any atom is -0.489 e. The van der Waals surface area contributed by atoms with E-state index in [2.05, 4.69) is 19.9 Å². The van der Waals surface area contributed by atoms with Gasteiger partial charge in [-0.3, -0.25) is 9.97 Å². The Morgan fingerprint density at radius 3 is 2.42 bits per heavy atom. The van der Waals surface area contributed by atoms with Gasteiger partial charge < -0.3 is 9.64 Å². The van der Waals surface area contributed by atoms with Crippen molar-refractivity contribution in [2.45, 2.75) is 13.2 Å². The average molecular weight is 453 g/mol. The summed E-state index contributed by atoms with van der Waals surface area (Å²) in [6, 6.07) is 17.6. The van der Waals surface area contributed by atoms with Gasteiger partial charge in [0.25, 0.3) is 0 Å². The van der Waals surface area contributed by atoms with Gasteiger partial charge in [-0.2, -0.15) is 0 Å². The second kappa shape index (κ2) is 9.97. The van der Waals surface area contributed by atoms with Crippen LogP contribution in [0.15, 0.2) is 97.2 Å². The van der Waals surface area contributed by atoms with Crippen LogP contribution in [0.1, 0.15) is 11.1 Å². The lowest BCUT2D eigenvalue weighted by molar-refractivity contribution is 0.306. The zero-order valence-electron chi connectivity index (χ0n) is 17.7. The second-order valence-electron chi connectivity index (χ2n) is 7.17. The molecule has 5 aromatic rings. The molecule has 0 aliphatic rings. The fourth-order valence-electron chi connectivity index (χ4n) is 3.29. The third-order valence-corrected chi connectivity index (χ3v) is 5.65. The van der Waals surface area contributed by atoms with Gasteiger partial charge >= 0.3 is 0 Å². The number of pyridine rings is 2. The molecular weight excluding hydrogens is 432 g/mol. The van der Waals surface area contributed by atoms with Crippen molar-refractivity contribution in [3.05, 3.63) is 108 Å². The van der Waals surface area contributed by atoms with Crippen LogP contribution in [-0.2, 0) is 13.2 Å². The summed E-state index contributed by atoms with van der Waals surface area (Å²) in [5, 5.41) is 2.79. The molecule has 5 rings (SSSR count). The van der Waals surface area contributed by atoms with E-state index in [1.165, 1.54) is 0 Å². The molecule has 0 amide bonds. The molecular formula is C25H20N6OS. The van der Waals surface area contributed by atoms with Crippen molar-refractivity contribution in [3.63, 3.8) is 0 Å². The monoisotopic (exact) mass is 452 g/mol. The summed E-state index contributed by atoms with van der Waals surface area (Å²) < 4.78 is 6.02. The SMILES string of the molecule is c1cncc(COc2cccc(N(Cc3cccnc3)c3nccc(-c4nccs4)n3)c2)c1. The molecule has 0 N–H and O–H groups in total. The standard InChI is InChI=1S/C25H20N6OS/c1-6-21(14-22(7-1)32-18-20-5-3-10-27-16-20)31(17-19-4-2-9-26-15-19)25-29-11-8-23(30-25)24-28-12-13-33-24/h1-16H,17-18H2. The number of anilines is 2. The summed E-state index contributed by atoms with van der Waals surface area (Å²) in [5.41, 5.74) is 3.76. The number of ether oxygens (including phenoxy) is 1. The van der Waals surface area contributed by atoms with E-state index in [4.69, 9.17) is 9.72 Å². The van der Waals surface area contributed by atoms with E-state index in [0.717, 1.165) is 33.3 Å². The van der Waals surface area contributed by atoms with Crippen LogP contribution in [0.3, 0.4) is 0 Å². The summed E-state index contributed by atoms with van der Waals surface area (Å²) in [5.74, 6) is 1.33. The van der Waals surface area contributed by atoms with Gasteiger partial charge in [0.15, 0.2) is 0 Å². The Labute approximate surface area is 195 Å². The number of benzene rings is 1. The average Bonchev–Trinajstić information content (AvgIpc) is 3.43. The van der Waals surface area contributed by atoms with Crippen LogP contribution in [0.4, 0.5) is 11.6 Å². The summed E-state index contributed by atoms with van der Waals surface area (Å²) >= 11 is 1.55. The number of aromatic nitrogens is 5. The predicted molar refractivity (Wildman–Crippen MR) is 128 cm³/mol. The highest BCUT2D eigenvalue weighted by atomic mass is 32.1. The van der Waals surface area contributed by atoms with Gasteiger partial charge in [0.05, 0.1) is 6.54 Å². The normalized spacial score (nSPS) is 10.7. The summed E-state index contributed by atoms with van der Waals surface area (Å²) in [7, 11) is 0. The molecule has 0 atom stereocenters. The van der Waals surface area contributed by atoms with E-state index >= 15 is 0 Å². The Bertz CT molecular complexity index is 1300. The van der Waals surface area contributed by atoms with Gasteiger partial charge in [0.1, 0.15) is 23.1 Å². The molecule has 0 spiro atoms. The lowest BCUT2D eigenvalue weighted by Gasteiger charge is -2.23. The molecule has 1 aromatic carbocycles. The van der Waals surface area contributed by atoms with Crippen molar-refractivity contribution in [2.24, 2.45) is 0 Å². The van der Waals surface area contributed by atoms with Crippen molar-refractivity contribution in [1.29, 1.82) is 0 Å². The lowest BCUT2D eigenvalue weighted by atomic mass is 10.2. The van der Waals surface area contributed by atoms with Crippen LogP contribution >= 0.6 is 11.3 Å². The predicted octanol–water partition coefficient (Wildman–Crippen LogP) is 5.31. The number of hydrogen-bond acceptors (Lipinski definition) is 8. The number of rotatable bonds is 8. The van der Waals surface area contributed by atoms with Gasteiger partial charge in [0, 0.05) is 59.9 Å². The first-order valence-electron chi connectivity index (χ1n) is 10.4. The first-order chi connectivity index (χ1) is 16.3. The summed E-state index contributed by atoms with van der Waals surface area (Å²) in [4.78, 5) is 24.2. The molecule has 0 fully saturated rings. The van der Waals surface area contributed by atoms with Crippen molar-refractivity contribution in [2.75, 3.05) is 4.90 Å². The zero-order valence-corrected chi connectivity index (χ0v) is 18.5. The molecule has 33 heavy (non-hydrogen) atoms. The minimum atomic E-state index is 0.440. The smallest absolute Gasteiger partial charge is 0.230 e. The fourth-order valence-corrected chi connectivity index (χ4v) is 3.90. The zero-order chi connectivity index (χ0) is 22.3. The number of thiazole rings is 1. The lowest BCUT2D eigenvalue weighted by Crippen LogP contribution is -2.19. The maximum atomic E-state index is 6.02. The van der Waals surface area contributed by atoms with Gasteiger partial charge in [-0.15, -0.1) is 11.3 Å². The quantitative estimate of drug-likeness (QED) is 0.316. The fraction of sp³-hybridized carbons (Fsp3) is 0.0800. The summed E-state index contributed by atoms with van der Waals surface area (Å²) in [6.45, 7) is 0.997. The maximum absolute atomic E-state index is 6.02. The maximum Gasteiger partial charge on any atom is 0.230 e. The highest BCUT2D eigenvalue weighted by Gasteiger charge is 2.16. The van der Waals surface area contributed by atoms with Crippen molar-refractivity contribution in [1.82, 2.24) is 24.9 Å². The van der Waals surface area contributed by atoms with Crippen LogP contribution < -0.4 is 9.64 Å². The molecule has 4 aromatic heterocycles. The van der Waals surface area contributed by atoms with Crippen LogP contribution in [0.5, 0.6) is 5.75 Å². The molecule has 8 heteroatoms. The van der Waals surface area contributed by atoms with Gasteiger partial charge in [-0.25, -0.2) is 15.0 Å². The number of hydrogen-bond donors (Lipinski definition) is 0.